The number of ether oxygens (including phenoxy) is 1. The van der Waals surface area contributed by atoms with Gasteiger partial charge in [0.1, 0.15) is 16.5 Å². The van der Waals surface area contributed by atoms with Crippen LogP contribution in [0.4, 0.5) is 10.1 Å². The van der Waals surface area contributed by atoms with Crippen LogP contribution in [0.25, 0.3) is 0 Å². The Bertz CT molecular complexity index is 717. The zero-order valence-electron chi connectivity index (χ0n) is 10.4. The van der Waals surface area contributed by atoms with E-state index in [0.29, 0.717) is 11.4 Å². The van der Waals surface area contributed by atoms with Gasteiger partial charge in [-0.2, -0.15) is 0 Å². The fourth-order valence-electron chi connectivity index (χ4n) is 1.56. The van der Waals surface area contributed by atoms with Gasteiger partial charge in [0.05, 0.1) is 7.11 Å². The van der Waals surface area contributed by atoms with E-state index in [1.807, 2.05) is 0 Å². The monoisotopic (exact) mass is 315 g/mol. The summed E-state index contributed by atoms with van der Waals surface area (Å²) in [7, 11) is -2.50. The fraction of sp³-hybridized carbons (Fsp3) is 0.0769. The van der Waals surface area contributed by atoms with Crippen LogP contribution < -0.4 is 9.46 Å². The molecule has 0 fully saturated rings. The second-order valence-electron chi connectivity index (χ2n) is 3.91. The summed E-state index contributed by atoms with van der Waals surface area (Å²) in [6, 6.07) is 9.60. The number of rotatable bonds is 4. The maximum Gasteiger partial charge on any atom is 0.264 e. The minimum atomic E-state index is -4.00. The largest absolute Gasteiger partial charge is 0.497 e. The van der Waals surface area contributed by atoms with Crippen molar-refractivity contribution in [2.75, 3.05) is 11.8 Å². The van der Waals surface area contributed by atoms with E-state index >= 15 is 0 Å². The van der Waals surface area contributed by atoms with Crippen molar-refractivity contribution in [2.24, 2.45) is 0 Å². The quantitative estimate of drug-likeness (QED) is 0.942. The number of hydrogen-bond acceptors (Lipinski definition) is 3. The molecule has 1 N–H and O–H groups in total. The minimum absolute atomic E-state index is 0.130. The summed E-state index contributed by atoms with van der Waals surface area (Å²) in [5, 5.41) is 0.130. The van der Waals surface area contributed by atoms with Crippen molar-refractivity contribution in [1.82, 2.24) is 0 Å². The van der Waals surface area contributed by atoms with Gasteiger partial charge in [-0.25, -0.2) is 12.8 Å². The molecule has 0 unspecified atom stereocenters. The standard InChI is InChI=1S/C13H11ClFNO3S/c1-19-11-5-3-10(4-6-11)16-20(17,18)13-7-2-9(14)8-12(13)15/h2-8,16H,1H3. The van der Waals surface area contributed by atoms with E-state index < -0.39 is 20.7 Å². The molecule has 20 heavy (non-hydrogen) atoms. The topological polar surface area (TPSA) is 55.4 Å². The number of halogens is 2. The van der Waals surface area contributed by atoms with Gasteiger partial charge >= 0.3 is 0 Å². The average Bonchev–Trinajstić information content (AvgIpc) is 2.38. The van der Waals surface area contributed by atoms with Gasteiger partial charge in [-0.15, -0.1) is 0 Å². The van der Waals surface area contributed by atoms with Gasteiger partial charge in [0, 0.05) is 10.7 Å². The average molecular weight is 316 g/mol. The predicted molar refractivity (Wildman–Crippen MR) is 75.2 cm³/mol. The number of methoxy groups -OCH3 is 1. The second-order valence-corrected chi connectivity index (χ2v) is 6.00. The molecule has 0 aliphatic heterocycles. The lowest BCUT2D eigenvalue weighted by Crippen LogP contribution is -2.14. The Kier molecular flexibility index (Phi) is 4.15. The highest BCUT2D eigenvalue weighted by Gasteiger charge is 2.19. The first-order valence-corrected chi connectivity index (χ1v) is 7.40. The summed E-state index contributed by atoms with van der Waals surface area (Å²) in [5.41, 5.74) is 0.306. The molecule has 0 radical (unpaired) electrons. The van der Waals surface area contributed by atoms with Crippen molar-refractivity contribution >= 4 is 27.3 Å². The molecule has 0 atom stereocenters. The van der Waals surface area contributed by atoms with Crippen molar-refractivity contribution in [3.05, 3.63) is 53.3 Å². The van der Waals surface area contributed by atoms with Crippen LogP contribution in [-0.2, 0) is 10.0 Å². The van der Waals surface area contributed by atoms with Gasteiger partial charge in [0.25, 0.3) is 10.0 Å². The molecule has 0 bridgehead atoms. The molecule has 0 amide bonds. The molecule has 2 rings (SSSR count). The minimum Gasteiger partial charge on any atom is -0.497 e. The summed E-state index contributed by atoms with van der Waals surface area (Å²) in [5.74, 6) is -0.316. The first-order valence-electron chi connectivity index (χ1n) is 5.54. The first-order chi connectivity index (χ1) is 9.42. The lowest BCUT2D eigenvalue weighted by atomic mass is 10.3. The Hall–Kier alpha value is -1.79. The van der Waals surface area contributed by atoms with Crippen LogP contribution in [0.3, 0.4) is 0 Å². The van der Waals surface area contributed by atoms with E-state index in [9.17, 15) is 12.8 Å². The van der Waals surface area contributed by atoms with Crippen LogP contribution in [-0.4, -0.2) is 15.5 Å². The number of benzene rings is 2. The van der Waals surface area contributed by atoms with E-state index in [2.05, 4.69) is 4.72 Å². The third-order valence-electron chi connectivity index (χ3n) is 2.53. The first kappa shape index (κ1) is 14.6. The Morgan fingerprint density at radius 2 is 1.80 bits per heavy atom. The van der Waals surface area contributed by atoms with E-state index in [1.165, 1.54) is 25.3 Å². The lowest BCUT2D eigenvalue weighted by Gasteiger charge is -2.09. The zero-order valence-corrected chi connectivity index (χ0v) is 12.0. The summed E-state index contributed by atoms with van der Waals surface area (Å²) in [6.07, 6.45) is 0. The van der Waals surface area contributed by atoms with Crippen LogP contribution in [0.5, 0.6) is 5.75 Å². The van der Waals surface area contributed by atoms with Gasteiger partial charge in [0.15, 0.2) is 0 Å². The molecule has 7 heteroatoms. The SMILES string of the molecule is COc1ccc(NS(=O)(=O)c2ccc(Cl)cc2F)cc1. The highest BCUT2D eigenvalue weighted by molar-refractivity contribution is 7.92. The predicted octanol–water partition coefficient (Wildman–Crippen LogP) is 3.29. The van der Waals surface area contributed by atoms with E-state index in [0.717, 1.165) is 12.1 Å². The fourth-order valence-corrected chi connectivity index (χ4v) is 2.84. The molecular weight excluding hydrogens is 305 g/mol. The van der Waals surface area contributed by atoms with E-state index in [1.54, 1.807) is 12.1 Å². The van der Waals surface area contributed by atoms with Gasteiger partial charge in [-0.3, -0.25) is 4.72 Å². The Balaban J connectivity index is 2.30. The normalized spacial score (nSPS) is 11.2. The molecule has 106 valence electrons. The van der Waals surface area contributed by atoms with Crippen LogP contribution >= 0.6 is 11.6 Å². The van der Waals surface area contributed by atoms with Gasteiger partial charge in [-0.1, -0.05) is 11.6 Å². The number of hydrogen-bond donors (Lipinski definition) is 1. The van der Waals surface area contributed by atoms with Crippen molar-refractivity contribution in [1.29, 1.82) is 0 Å². The zero-order chi connectivity index (χ0) is 14.8. The lowest BCUT2D eigenvalue weighted by molar-refractivity contribution is 0.415. The van der Waals surface area contributed by atoms with Gasteiger partial charge in [-0.05, 0) is 42.5 Å². The summed E-state index contributed by atoms with van der Waals surface area (Å²) in [4.78, 5) is -0.460. The third-order valence-corrected chi connectivity index (χ3v) is 4.18. The van der Waals surface area contributed by atoms with E-state index in [4.69, 9.17) is 16.3 Å². The van der Waals surface area contributed by atoms with Crippen LogP contribution in [0.15, 0.2) is 47.4 Å². The molecule has 0 heterocycles. The molecular formula is C13H11ClFNO3S. The second kappa shape index (κ2) is 5.68. The Labute approximate surface area is 121 Å². The molecule has 0 spiro atoms. The highest BCUT2D eigenvalue weighted by atomic mass is 35.5. The molecule has 0 saturated carbocycles. The smallest absolute Gasteiger partial charge is 0.264 e. The molecule has 2 aromatic carbocycles. The number of anilines is 1. The highest BCUT2D eigenvalue weighted by Crippen LogP contribution is 2.22. The van der Waals surface area contributed by atoms with Gasteiger partial charge < -0.3 is 4.74 Å². The third kappa shape index (κ3) is 3.20. The Morgan fingerprint density at radius 3 is 2.35 bits per heavy atom. The molecule has 0 aliphatic rings. The van der Waals surface area contributed by atoms with Crippen molar-refractivity contribution in [3.8, 4) is 5.75 Å². The maximum atomic E-state index is 13.6. The molecule has 0 aromatic heterocycles. The van der Waals surface area contributed by atoms with Crippen molar-refractivity contribution in [3.63, 3.8) is 0 Å². The van der Waals surface area contributed by atoms with Crippen LogP contribution in [0.2, 0.25) is 5.02 Å². The summed E-state index contributed by atoms with van der Waals surface area (Å²) >= 11 is 5.59. The van der Waals surface area contributed by atoms with Gasteiger partial charge in [0.2, 0.25) is 0 Å². The summed E-state index contributed by atoms with van der Waals surface area (Å²) < 4.78 is 45.0. The summed E-state index contributed by atoms with van der Waals surface area (Å²) in [6.45, 7) is 0. The van der Waals surface area contributed by atoms with Crippen molar-refractivity contribution in [2.45, 2.75) is 4.90 Å². The number of nitrogens with one attached hydrogen (secondary N) is 1. The van der Waals surface area contributed by atoms with E-state index in [-0.39, 0.29) is 5.02 Å². The molecule has 4 nitrogen and oxygen atoms in total. The van der Waals surface area contributed by atoms with Crippen LogP contribution in [0.1, 0.15) is 0 Å². The Morgan fingerprint density at radius 1 is 1.15 bits per heavy atom. The molecule has 0 aliphatic carbocycles. The van der Waals surface area contributed by atoms with Crippen LogP contribution in [0, 0.1) is 5.82 Å². The molecule has 2 aromatic rings. The molecule has 0 saturated heterocycles. The number of sulfonamides is 1. The maximum absolute atomic E-state index is 13.6. The van der Waals surface area contributed by atoms with Crippen molar-refractivity contribution < 1.29 is 17.5 Å².